The topological polar surface area (TPSA) is 80.3 Å². The van der Waals surface area contributed by atoms with E-state index in [-0.39, 0.29) is 75.3 Å². The van der Waals surface area contributed by atoms with Gasteiger partial charge in [-0.25, -0.2) is 0 Å². The molecule has 0 aliphatic heterocycles. The van der Waals surface area contributed by atoms with Gasteiger partial charge in [-0.05, 0) is 0 Å². The first-order chi connectivity index (χ1) is 2.00. The van der Waals surface area contributed by atoms with Crippen molar-refractivity contribution >= 4 is 10.4 Å². The summed E-state index contributed by atoms with van der Waals surface area (Å²) in [5.41, 5.74) is 0. The molecule has 0 heterocycles. The molecule has 0 saturated carbocycles. The zero-order valence-electron chi connectivity index (χ0n) is 3.39. The van der Waals surface area contributed by atoms with Crippen molar-refractivity contribution in [1.29, 1.82) is 0 Å². The van der Waals surface area contributed by atoms with E-state index in [9.17, 15) is 0 Å². The summed E-state index contributed by atoms with van der Waals surface area (Å²) in [6, 6.07) is 0. The molecule has 0 saturated heterocycles. The molecule has 7 heteroatoms. The van der Waals surface area contributed by atoms with E-state index in [1.165, 1.54) is 0 Å². The first kappa shape index (κ1) is 16.1. The van der Waals surface area contributed by atoms with E-state index in [0.717, 1.165) is 0 Å². The second-order valence-corrected chi connectivity index (χ2v) is 1.22. The predicted octanol–water partition coefficient (Wildman–Crippen LogP) is -4.34. The largest absolute Gasteiger partial charge is 3.00 e. The van der Waals surface area contributed by atoms with Gasteiger partial charge in [-0.2, -0.15) is 0 Å². The summed E-state index contributed by atoms with van der Waals surface area (Å²) < 4.78 is 34.1. The van der Waals surface area contributed by atoms with Gasteiger partial charge < -0.3 is 9.11 Å². The van der Waals surface area contributed by atoms with E-state index in [4.69, 9.17) is 17.5 Å². The standard InChI is InChI=1S/Fe.H2O4S.Rb/c;1-5(2,3)4;/h;(H2,1,2,3,4);/q+3;;+1/p-2. The second-order valence-electron chi connectivity index (χ2n) is 0.408. The number of rotatable bonds is 0. The molecule has 0 amide bonds. The van der Waals surface area contributed by atoms with Crippen LogP contribution < -0.4 is 58.2 Å². The maximum Gasteiger partial charge on any atom is 3.00 e. The Labute approximate surface area is 101 Å². The molecule has 0 aromatic rings. The smallest absolute Gasteiger partial charge is 0.759 e. The summed E-state index contributed by atoms with van der Waals surface area (Å²) in [4.78, 5) is 0. The van der Waals surface area contributed by atoms with Gasteiger partial charge in [0.15, 0.2) is 0 Å². The molecule has 37 valence electrons. The summed E-state index contributed by atoms with van der Waals surface area (Å²) in [5.74, 6) is 0. The molecule has 0 aromatic heterocycles. The minimum atomic E-state index is -5.17. The van der Waals surface area contributed by atoms with Crippen molar-refractivity contribution in [2.24, 2.45) is 0 Å². The third-order valence-corrected chi connectivity index (χ3v) is 0. The van der Waals surface area contributed by atoms with E-state index in [1.807, 2.05) is 0 Å². The van der Waals surface area contributed by atoms with Crippen molar-refractivity contribution in [2.75, 3.05) is 0 Å². The van der Waals surface area contributed by atoms with E-state index < -0.39 is 10.4 Å². The van der Waals surface area contributed by atoms with E-state index in [2.05, 4.69) is 0 Å². The minimum absolute atomic E-state index is 0. The number of hydrogen-bond donors (Lipinski definition) is 0. The molecule has 4 nitrogen and oxygen atoms in total. The molecule has 0 spiro atoms. The van der Waals surface area contributed by atoms with Gasteiger partial charge in [0, 0.05) is 10.4 Å². The summed E-state index contributed by atoms with van der Waals surface area (Å²) >= 11 is 0. The van der Waals surface area contributed by atoms with Gasteiger partial charge in [0.2, 0.25) is 0 Å². The molecule has 0 bridgehead atoms. The van der Waals surface area contributed by atoms with Crippen molar-refractivity contribution in [2.45, 2.75) is 0 Å². The van der Waals surface area contributed by atoms with E-state index in [1.54, 1.807) is 0 Å². The van der Waals surface area contributed by atoms with Crippen molar-refractivity contribution < 1.29 is 92.8 Å². The van der Waals surface area contributed by atoms with Gasteiger partial charge in [-0.15, -0.1) is 0 Å². The van der Waals surface area contributed by atoms with Crippen LogP contribution in [0.3, 0.4) is 0 Å². The SMILES string of the molecule is O=S(=O)([O-])[O-].[Fe+3].[Rb+]. The molecule has 0 aliphatic carbocycles. The third kappa shape index (κ3) is 65.3. The zero-order valence-corrected chi connectivity index (χ0v) is 10.2. The maximum atomic E-state index is 8.52. The summed E-state index contributed by atoms with van der Waals surface area (Å²) in [7, 11) is -5.17. The third-order valence-electron chi connectivity index (χ3n) is 0. The summed E-state index contributed by atoms with van der Waals surface area (Å²) in [6.07, 6.45) is 0. The van der Waals surface area contributed by atoms with Gasteiger partial charge in [0.25, 0.3) is 0 Å². The van der Waals surface area contributed by atoms with Crippen LogP contribution in [-0.2, 0) is 27.5 Å². The Morgan fingerprint density at radius 3 is 1.14 bits per heavy atom. The molecule has 0 aromatic carbocycles. The molecular formula is FeO4RbS+2. The maximum absolute atomic E-state index is 8.52. The van der Waals surface area contributed by atoms with Crippen molar-refractivity contribution in [3.63, 3.8) is 0 Å². The molecule has 0 atom stereocenters. The average Bonchev–Trinajstić information content (AvgIpc) is 0.722. The van der Waals surface area contributed by atoms with Crippen LogP contribution >= 0.6 is 0 Å². The molecule has 0 aliphatic rings. The fraction of sp³-hybridized carbons (Fsp3) is 0. The Hall–Kier alpha value is 2.19. The van der Waals surface area contributed by atoms with Crippen LogP contribution in [-0.4, -0.2) is 17.5 Å². The van der Waals surface area contributed by atoms with Gasteiger partial charge >= 0.3 is 75.3 Å². The van der Waals surface area contributed by atoms with Crippen LogP contribution in [0.1, 0.15) is 0 Å². The first-order valence-electron chi connectivity index (χ1n) is 0.667. The molecule has 1 radical (unpaired) electrons. The Morgan fingerprint density at radius 1 is 1.14 bits per heavy atom. The Balaban J connectivity index is -0.0000000800. The van der Waals surface area contributed by atoms with E-state index in [0.29, 0.717) is 0 Å². The fourth-order valence-electron chi connectivity index (χ4n) is 0. The van der Waals surface area contributed by atoms with Crippen LogP contribution in [0.25, 0.3) is 0 Å². The molecule has 0 fully saturated rings. The normalized spacial score (nSPS) is 8.29. The van der Waals surface area contributed by atoms with Crippen LogP contribution in [0, 0.1) is 0 Å². The van der Waals surface area contributed by atoms with Crippen LogP contribution in [0.5, 0.6) is 0 Å². The Bertz CT molecular complexity index is 94.9. The van der Waals surface area contributed by atoms with Crippen LogP contribution in [0.4, 0.5) is 0 Å². The van der Waals surface area contributed by atoms with Crippen molar-refractivity contribution in [3.05, 3.63) is 0 Å². The van der Waals surface area contributed by atoms with Gasteiger partial charge in [0.05, 0.1) is 0 Å². The molecule has 0 N–H and O–H groups in total. The zero-order chi connectivity index (χ0) is 4.50. The quantitative estimate of drug-likeness (QED) is 0.242. The summed E-state index contributed by atoms with van der Waals surface area (Å²) in [6.45, 7) is 0. The summed E-state index contributed by atoms with van der Waals surface area (Å²) in [5, 5.41) is 0. The van der Waals surface area contributed by atoms with Gasteiger partial charge in [-0.3, -0.25) is 8.42 Å². The molecule has 7 heavy (non-hydrogen) atoms. The first-order valence-corrected chi connectivity index (χ1v) is 2.00. The van der Waals surface area contributed by atoms with Gasteiger partial charge in [0.1, 0.15) is 0 Å². The second kappa shape index (κ2) is 6.32. The van der Waals surface area contributed by atoms with E-state index >= 15 is 0 Å². The van der Waals surface area contributed by atoms with Crippen molar-refractivity contribution in [1.82, 2.24) is 0 Å². The fourth-order valence-corrected chi connectivity index (χ4v) is 0. The molecular weight excluding hydrogens is 237 g/mol. The molecule has 0 rings (SSSR count). The van der Waals surface area contributed by atoms with Gasteiger partial charge in [-0.1, -0.05) is 0 Å². The average molecular weight is 237 g/mol. The Kier molecular flexibility index (Phi) is 14.5. The van der Waals surface area contributed by atoms with Crippen LogP contribution in [0.15, 0.2) is 0 Å². The van der Waals surface area contributed by atoms with Crippen molar-refractivity contribution in [3.8, 4) is 0 Å². The monoisotopic (exact) mass is 237 g/mol. The minimum Gasteiger partial charge on any atom is -0.759 e. The Morgan fingerprint density at radius 2 is 1.14 bits per heavy atom. The predicted molar refractivity (Wildman–Crippen MR) is 10.5 cm³/mol. The number of hydrogen-bond acceptors (Lipinski definition) is 4. The molecule has 0 unspecified atom stereocenters. The van der Waals surface area contributed by atoms with Crippen LogP contribution in [0.2, 0.25) is 0 Å².